The second kappa shape index (κ2) is 8.33. The summed E-state index contributed by atoms with van der Waals surface area (Å²) < 4.78 is 15.8. The Morgan fingerprint density at radius 2 is 1.92 bits per heavy atom. The normalized spacial score (nSPS) is 10.7. The van der Waals surface area contributed by atoms with Crippen LogP contribution in [0.2, 0.25) is 5.02 Å². The zero-order chi connectivity index (χ0) is 18.5. The molecule has 1 aromatic heterocycles. The first kappa shape index (κ1) is 18.4. The van der Waals surface area contributed by atoms with E-state index in [1.165, 1.54) is 17.8 Å². The molecule has 26 heavy (non-hydrogen) atoms. The topological polar surface area (TPSA) is 59.8 Å². The summed E-state index contributed by atoms with van der Waals surface area (Å²) in [5.41, 5.74) is 0.943. The van der Waals surface area contributed by atoms with Gasteiger partial charge >= 0.3 is 0 Å². The van der Waals surface area contributed by atoms with Gasteiger partial charge in [-0.05, 0) is 31.2 Å². The number of aromatic nitrogens is 3. The average molecular weight is 391 g/mol. The molecule has 3 aromatic rings. The van der Waals surface area contributed by atoms with Gasteiger partial charge in [-0.15, -0.1) is 10.2 Å². The van der Waals surface area contributed by atoms with Crippen molar-refractivity contribution < 1.29 is 9.18 Å². The van der Waals surface area contributed by atoms with Gasteiger partial charge in [0.25, 0.3) is 0 Å². The van der Waals surface area contributed by atoms with Crippen LogP contribution in [0.1, 0.15) is 6.92 Å². The van der Waals surface area contributed by atoms with Crippen molar-refractivity contribution >= 4 is 35.0 Å². The summed E-state index contributed by atoms with van der Waals surface area (Å²) in [7, 11) is 0. The molecule has 0 saturated carbocycles. The molecule has 1 N–H and O–H groups in total. The van der Waals surface area contributed by atoms with E-state index in [-0.39, 0.29) is 17.5 Å². The van der Waals surface area contributed by atoms with E-state index < -0.39 is 0 Å². The molecule has 0 bridgehead atoms. The molecule has 5 nitrogen and oxygen atoms in total. The van der Waals surface area contributed by atoms with Gasteiger partial charge in [0.15, 0.2) is 11.0 Å². The molecule has 134 valence electrons. The molecule has 8 heteroatoms. The second-order valence-electron chi connectivity index (χ2n) is 5.35. The summed E-state index contributed by atoms with van der Waals surface area (Å²) >= 11 is 7.27. The largest absolute Gasteiger partial charge is 0.324 e. The van der Waals surface area contributed by atoms with Crippen LogP contribution in [0.5, 0.6) is 0 Å². The van der Waals surface area contributed by atoms with Crippen molar-refractivity contribution in [3.05, 3.63) is 59.4 Å². The molecule has 2 aromatic carbocycles. The Morgan fingerprint density at radius 3 is 2.65 bits per heavy atom. The highest BCUT2D eigenvalue weighted by atomic mass is 35.5. The number of anilines is 1. The minimum atomic E-state index is -0.359. The fourth-order valence-electron chi connectivity index (χ4n) is 2.40. The highest BCUT2D eigenvalue weighted by Gasteiger charge is 2.17. The lowest BCUT2D eigenvalue weighted by molar-refractivity contribution is -0.113. The van der Waals surface area contributed by atoms with Gasteiger partial charge in [-0.1, -0.05) is 47.6 Å². The van der Waals surface area contributed by atoms with Crippen LogP contribution in [0, 0.1) is 5.82 Å². The minimum Gasteiger partial charge on any atom is -0.324 e. The quantitative estimate of drug-likeness (QED) is 0.630. The highest BCUT2D eigenvalue weighted by Crippen LogP contribution is 2.26. The lowest BCUT2D eigenvalue weighted by Gasteiger charge is -2.09. The maximum Gasteiger partial charge on any atom is 0.234 e. The highest BCUT2D eigenvalue weighted by molar-refractivity contribution is 7.99. The lowest BCUT2D eigenvalue weighted by Crippen LogP contribution is -2.15. The Balaban J connectivity index is 1.72. The van der Waals surface area contributed by atoms with Gasteiger partial charge in [0.1, 0.15) is 5.82 Å². The van der Waals surface area contributed by atoms with Gasteiger partial charge in [-0.2, -0.15) is 0 Å². The van der Waals surface area contributed by atoms with Gasteiger partial charge in [-0.25, -0.2) is 4.39 Å². The molecule has 0 atom stereocenters. The van der Waals surface area contributed by atoms with E-state index in [0.29, 0.717) is 33.8 Å². The van der Waals surface area contributed by atoms with Gasteiger partial charge in [0, 0.05) is 6.54 Å². The fourth-order valence-corrected chi connectivity index (χ4v) is 3.39. The summed E-state index contributed by atoms with van der Waals surface area (Å²) in [4.78, 5) is 12.2. The molecular formula is C18H16ClFN4OS. The first-order chi connectivity index (χ1) is 12.6. The maximum absolute atomic E-state index is 14.0. The smallest absolute Gasteiger partial charge is 0.234 e. The molecule has 0 radical (unpaired) electrons. The zero-order valence-electron chi connectivity index (χ0n) is 13.9. The molecule has 1 amide bonds. The van der Waals surface area contributed by atoms with Crippen molar-refractivity contribution in [2.24, 2.45) is 0 Å². The first-order valence-corrected chi connectivity index (χ1v) is 9.31. The fraction of sp³-hybridized carbons (Fsp3) is 0.167. The van der Waals surface area contributed by atoms with E-state index in [2.05, 4.69) is 15.5 Å². The van der Waals surface area contributed by atoms with Crippen LogP contribution in [-0.4, -0.2) is 26.4 Å². The molecule has 1 heterocycles. The van der Waals surface area contributed by atoms with Crippen LogP contribution in [-0.2, 0) is 11.3 Å². The van der Waals surface area contributed by atoms with Gasteiger partial charge in [0.05, 0.1) is 22.0 Å². The van der Waals surface area contributed by atoms with Crippen molar-refractivity contribution in [1.29, 1.82) is 0 Å². The van der Waals surface area contributed by atoms with Crippen molar-refractivity contribution in [3.8, 4) is 11.4 Å². The molecule has 0 aliphatic carbocycles. The van der Waals surface area contributed by atoms with E-state index in [1.807, 2.05) is 6.92 Å². The van der Waals surface area contributed by atoms with E-state index in [9.17, 15) is 9.18 Å². The number of carbonyl (C=O) groups is 1. The van der Waals surface area contributed by atoms with Gasteiger partial charge in [0.2, 0.25) is 5.91 Å². The summed E-state index contributed by atoms with van der Waals surface area (Å²) in [6.45, 7) is 2.48. The number of hydrogen-bond donors (Lipinski definition) is 1. The summed E-state index contributed by atoms with van der Waals surface area (Å²) in [6, 6.07) is 13.4. The number of carbonyl (C=O) groups excluding carboxylic acids is 1. The molecule has 0 spiro atoms. The summed E-state index contributed by atoms with van der Waals surface area (Å²) in [5, 5.41) is 12.0. The van der Waals surface area contributed by atoms with Crippen LogP contribution in [0.4, 0.5) is 10.1 Å². The van der Waals surface area contributed by atoms with Crippen molar-refractivity contribution in [1.82, 2.24) is 14.8 Å². The molecular weight excluding hydrogens is 375 g/mol. The first-order valence-electron chi connectivity index (χ1n) is 7.95. The SMILES string of the molecule is CCn1c(SCC(=O)Nc2ccccc2Cl)nnc1-c1ccccc1F. The van der Waals surface area contributed by atoms with Gasteiger partial charge in [-0.3, -0.25) is 4.79 Å². The predicted octanol–water partition coefficient (Wildman–Crippen LogP) is 4.49. The number of nitrogens with zero attached hydrogens (tertiary/aromatic N) is 3. The Labute approximate surface area is 159 Å². The Morgan fingerprint density at radius 1 is 1.19 bits per heavy atom. The number of para-hydroxylation sites is 1. The molecule has 0 unspecified atom stereocenters. The number of thioether (sulfide) groups is 1. The number of benzene rings is 2. The number of hydrogen-bond acceptors (Lipinski definition) is 4. The number of rotatable bonds is 6. The monoisotopic (exact) mass is 390 g/mol. The lowest BCUT2D eigenvalue weighted by atomic mass is 10.2. The minimum absolute atomic E-state index is 0.140. The third-order valence-corrected chi connectivity index (χ3v) is 4.92. The van der Waals surface area contributed by atoms with Crippen molar-refractivity contribution in [2.45, 2.75) is 18.6 Å². The standard InChI is InChI=1S/C18H16ClFN4OS/c1-2-24-17(12-7-3-5-9-14(12)20)22-23-18(24)26-11-16(25)21-15-10-6-4-8-13(15)19/h3-10H,2,11H2,1H3,(H,21,25). The molecule has 0 aliphatic rings. The third kappa shape index (κ3) is 4.05. The summed E-state index contributed by atoms with van der Waals surface area (Å²) in [6.07, 6.45) is 0. The van der Waals surface area contributed by atoms with Gasteiger partial charge < -0.3 is 9.88 Å². The Hall–Kier alpha value is -2.38. The number of amides is 1. The predicted molar refractivity (Wildman–Crippen MR) is 102 cm³/mol. The maximum atomic E-state index is 14.0. The van der Waals surface area contributed by atoms with E-state index >= 15 is 0 Å². The van der Waals surface area contributed by atoms with Crippen LogP contribution in [0.3, 0.4) is 0 Å². The third-order valence-electron chi connectivity index (χ3n) is 3.63. The van der Waals surface area contributed by atoms with E-state index in [0.717, 1.165) is 0 Å². The Kier molecular flexibility index (Phi) is 5.90. The van der Waals surface area contributed by atoms with Crippen LogP contribution >= 0.6 is 23.4 Å². The van der Waals surface area contributed by atoms with E-state index in [4.69, 9.17) is 11.6 Å². The molecule has 0 fully saturated rings. The van der Waals surface area contributed by atoms with Crippen LogP contribution in [0.15, 0.2) is 53.7 Å². The zero-order valence-corrected chi connectivity index (χ0v) is 15.5. The Bertz CT molecular complexity index is 931. The molecule has 0 aliphatic heterocycles. The van der Waals surface area contributed by atoms with E-state index in [1.54, 1.807) is 47.0 Å². The van der Waals surface area contributed by atoms with Crippen molar-refractivity contribution in [3.63, 3.8) is 0 Å². The number of nitrogens with one attached hydrogen (secondary N) is 1. The molecule has 3 rings (SSSR count). The average Bonchev–Trinajstić information content (AvgIpc) is 3.05. The summed E-state index contributed by atoms with van der Waals surface area (Å²) in [5.74, 6) is 0.0177. The van der Waals surface area contributed by atoms with Crippen molar-refractivity contribution in [2.75, 3.05) is 11.1 Å². The molecule has 0 saturated heterocycles. The number of halogens is 2. The van der Waals surface area contributed by atoms with Crippen LogP contribution in [0.25, 0.3) is 11.4 Å². The van der Waals surface area contributed by atoms with Crippen LogP contribution < -0.4 is 5.32 Å². The second-order valence-corrected chi connectivity index (χ2v) is 6.70.